The van der Waals surface area contributed by atoms with Gasteiger partial charge in [0.1, 0.15) is 5.75 Å². The highest BCUT2D eigenvalue weighted by Gasteiger charge is 2.13. The van der Waals surface area contributed by atoms with E-state index in [1.165, 1.54) is 17.5 Å². The van der Waals surface area contributed by atoms with Crippen LogP contribution in [0.5, 0.6) is 5.75 Å². The molecule has 0 saturated heterocycles. The normalized spacial score (nSPS) is 12.6. The average molecular weight is 345 g/mol. The number of rotatable bonds is 5. The smallest absolute Gasteiger partial charge is 0.262 e. The van der Waals surface area contributed by atoms with Gasteiger partial charge in [-0.15, -0.1) is 0 Å². The molecule has 1 aliphatic rings. The van der Waals surface area contributed by atoms with Crippen LogP contribution in [0, 0.1) is 0 Å². The molecule has 0 heterocycles. The van der Waals surface area contributed by atoms with Gasteiger partial charge in [-0.3, -0.25) is 9.59 Å². The maximum Gasteiger partial charge on any atom is 0.262 e. The van der Waals surface area contributed by atoms with E-state index < -0.39 is 0 Å². The number of aryl methyl sites for hydroxylation is 2. The lowest BCUT2D eigenvalue weighted by Gasteiger charge is -2.11. The minimum absolute atomic E-state index is 0.143. The van der Waals surface area contributed by atoms with Gasteiger partial charge in [-0.05, 0) is 59.4 Å². The van der Waals surface area contributed by atoms with Crippen LogP contribution >= 0.6 is 0 Å². The first kappa shape index (κ1) is 16.3. The van der Waals surface area contributed by atoms with E-state index in [0.717, 1.165) is 35.6 Å². The van der Waals surface area contributed by atoms with Crippen LogP contribution in [0.1, 0.15) is 27.9 Å². The van der Waals surface area contributed by atoms with Crippen molar-refractivity contribution < 1.29 is 14.3 Å². The highest BCUT2D eigenvalue weighted by atomic mass is 16.5. The molecule has 4 nitrogen and oxygen atoms in total. The fraction of sp³-hybridized carbons (Fsp3) is 0.182. The molecule has 0 bridgehead atoms. The van der Waals surface area contributed by atoms with Gasteiger partial charge in [-0.1, -0.05) is 36.4 Å². The van der Waals surface area contributed by atoms with E-state index in [1.54, 1.807) is 6.07 Å². The molecule has 0 radical (unpaired) electrons. The topological polar surface area (TPSA) is 55.4 Å². The molecule has 0 saturated carbocycles. The summed E-state index contributed by atoms with van der Waals surface area (Å²) in [4.78, 5) is 23.7. The fourth-order valence-corrected chi connectivity index (χ4v) is 3.51. The van der Waals surface area contributed by atoms with E-state index in [1.807, 2.05) is 42.5 Å². The SMILES string of the molecule is O=Cc1c(OCC(=O)Nc2ccc3c(c2)CCC3)ccc2ccccc12. The molecule has 26 heavy (non-hydrogen) atoms. The van der Waals surface area contributed by atoms with Crippen molar-refractivity contribution in [1.29, 1.82) is 0 Å². The van der Waals surface area contributed by atoms with E-state index in [0.29, 0.717) is 11.3 Å². The van der Waals surface area contributed by atoms with Gasteiger partial charge < -0.3 is 10.1 Å². The largest absolute Gasteiger partial charge is 0.483 e. The van der Waals surface area contributed by atoms with E-state index >= 15 is 0 Å². The Bertz CT molecular complexity index is 994. The Kier molecular flexibility index (Phi) is 4.40. The number of hydrogen-bond donors (Lipinski definition) is 1. The molecule has 0 aromatic heterocycles. The fourth-order valence-electron chi connectivity index (χ4n) is 3.51. The number of aldehydes is 1. The second-order valence-electron chi connectivity index (χ2n) is 6.49. The average Bonchev–Trinajstić information content (AvgIpc) is 3.13. The third kappa shape index (κ3) is 3.18. The third-order valence-electron chi connectivity index (χ3n) is 4.79. The Labute approximate surface area is 151 Å². The van der Waals surface area contributed by atoms with Crippen molar-refractivity contribution in [2.24, 2.45) is 0 Å². The van der Waals surface area contributed by atoms with Crippen molar-refractivity contribution >= 4 is 28.7 Å². The lowest BCUT2D eigenvalue weighted by Crippen LogP contribution is -2.20. The van der Waals surface area contributed by atoms with Gasteiger partial charge >= 0.3 is 0 Å². The quantitative estimate of drug-likeness (QED) is 0.707. The van der Waals surface area contributed by atoms with Crippen LogP contribution in [0.3, 0.4) is 0 Å². The minimum atomic E-state index is -0.243. The lowest BCUT2D eigenvalue weighted by molar-refractivity contribution is -0.118. The van der Waals surface area contributed by atoms with E-state index in [-0.39, 0.29) is 12.5 Å². The lowest BCUT2D eigenvalue weighted by atomic mass is 10.0. The van der Waals surface area contributed by atoms with E-state index in [9.17, 15) is 9.59 Å². The van der Waals surface area contributed by atoms with Crippen molar-refractivity contribution in [2.75, 3.05) is 11.9 Å². The molecular weight excluding hydrogens is 326 g/mol. The van der Waals surface area contributed by atoms with Crippen LogP contribution in [-0.2, 0) is 17.6 Å². The summed E-state index contributed by atoms with van der Waals surface area (Å²) in [6, 6.07) is 17.3. The standard InChI is InChI=1S/C22H19NO3/c24-13-20-19-7-2-1-4-16(19)9-11-21(20)26-14-22(25)23-18-10-8-15-5-3-6-17(15)12-18/h1-2,4,7-13H,3,5-6,14H2,(H,23,25). The molecule has 0 atom stereocenters. The maximum atomic E-state index is 12.2. The first-order chi connectivity index (χ1) is 12.7. The second kappa shape index (κ2) is 7.00. The first-order valence-corrected chi connectivity index (χ1v) is 8.76. The highest BCUT2D eigenvalue weighted by molar-refractivity contribution is 6.01. The van der Waals surface area contributed by atoms with E-state index in [2.05, 4.69) is 11.4 Å². The summed E-state index contributed by atoms with van der Waals surface area (Å²) in [6.07, 6.45) is 4.13. The number of carbonyl (C=O) groups is 2. The zero-order valence-electron chi connectivity index (χ0n) is 14.3. The minimum Gasteiger partial charge on any atom is -0.483 e. The number of hydrogen-bond acceptors (Lipinski definition) is 3. The molecule has 3 aromatic carbocycles. The molecule has 1 amide bonds. The third-order valence-corrected chi connectivity index (χ3v) is 4.79. The molecule has 4 rings (SSSR count). The summed E-state index contributed by atoms with van der Waals surface area (Å²) in [7, 11) is 0. The number of nitrogens with one attached hydrogen (secondary N) is 1. The molecule has 4 heteroatoms. The number of carbonyl (C=O) groups excluding carboxylic acids is 2. The van der Waals surface area contributed by atoms with Crippen LogP contribution in [0.4, 0.5) is 5.69 Å². The van der Waals surface area contributed by atoms with Crippen molar-refractivity contribution in [3.05, 3.63) is 71.3 Å². The molecule has 3 aromatic rings. The molecular formula is C22H19NO3. The summed E-state index contributed by atoms with van der Waals surface area (Å²) in [6.45, 7) is -0.143. The highest BCUT2D eigenvalue weighted by Crippen LogP contribution is 2.27. The van der Waals surface area contributed by atoms with Crippen LogP contribution in [0.15, 0.2) is 54.6 Å². The Morgan fingerprint density at radius 1 is 1.04 bits per heavy atom. The first-order valence-electron chi connectivity index (χ1n) is 8.76. The number of anilines is 1. The van der Waals surface area contributed by atoms with Crippen molar-refractivity contribution in [2.45, 2.75) is 19.3 Å². The maximum absolute atomic E-state index is 12.2. The summed E-state index contributed by atoms with van der Waals surface area (Å²) >= 11 is 0. The number of amides is 1. The number of fused-ring (bicyclic) bond motifs is 2. The van der Waals surface area contributed by atoms with Gasteiger partial charge in [0.25, 0.3) is 5.91 Å². The van der Waals surface area contributed by atoms with Crippen LogP contribution < -0.4 is 10.1 Å². The van der Waals surface area contributed by atoms with Crippen LogP contribution in [0.25, 0.3) is 10.8 Å². The monoisotopic (exact) mass is 345 g/mol. The molecule has 130 valence electrons. The van der Waals surface area contributed by atoms with Gasteiger partial charge in [0, 0.05) is 5.69 Å². The van der Waals surface area contributed by atoms with Crippen molar-refractivity contribution in [3.8, 4) is 5.75 Å². The molecule has 0 aliphatic heterocycles. The van der Waals surface area contributed by atoms with Gasteiger partial charge in [-0.25, -0.2) is 0 Å². The van der Waals surface area contributed by atoms with E-state index in [4.69, 9.17) is 4.74 Å². The summed E-state index contributed by atoms with van der Waals surface area (Å²) in [5, 5.41) is 4.65. The Morgan fingerprint density at radius 2 is 1.88 bits per heavy atom. The summed E-state index contributed by atoms with van der Waals surface area (Å²) in [5.74, 6) is 0.177. The Hall–Kier alpha value is -3.14. The van der Waals surface area contributed by atoms with Gasteiger partial charge in [0.05, 0.1) is 5.56 Å². The molecule has 0 fully saturated rings. The van der Waals surface area contributed by atoms with Gasteiger partial charge in [-0.2, -0.15) is 0 Å². The Balaban J connectivity index is 1.46. The predicted octanol–water partition coefficient (Wildman–Crippen LogP) is 4.16. The van der Waals surface area contributed by atoms with Crippen LogP contribution in [0.2, 0.25) is 0 Å². The molecule has 1 aliphatic carbocycles. The zero-order chi connectivity index (χ0) is 17.9. The Morgan fingerprint density at radius 3 is 2.77 bits per heavy atom. The summed E-state index contributed by atoms with van der Waals surface area (Å²) in [5.41, 5.74) is 3.93. The molecule has 0 unspecified atom stereocenters. The van der Waals surface area contributed by atoms with Crippen molar-refractivity contribution in [1.82, 2.24) is 0 Å². The summed E-state index contributed by atoms with van der Waals surface area (Å²) < 4.78 is 5.62. The van der Waals surface area contributed by atoms with Gasteiger partial charge in [0.15, 0.2) is 12.9 Å². The zero-order valence-corrected chi connectivity index (χ0v) is 14.3. The second-order valence-corrected chi connectivity index (χ2v) is 6.49. The number of benzene rings is 3. The predicted molar refractivity (Wildman–Crippen MR) is 102 cm³/mol. The molecule has 0 spiro atoms. The van der Waals surface area contributed by atoms with Crippen molar-refractivity contribution in [3.63, 3.8) is 0 Å². The number of ether oxygens (including phenoxy) is 1. The van der Waals surface area contributed by atoms with Crippen LogP contribution in [-0.4, -0.2) is 18.8 Å². The molecule has 1 N–H and O–H groups in total. The van der Waals surface area contributed by atoms with Gasteiger partial charge in [0.2, 0.25) is 0 Å².